The number of benzene rings is 5. The number of likely N-dealkylation sites (N-methyl/N-ethyl adjacent to an activating group) is 3. The number of carbonyl (C=O) groups is 17. The van der Waals surface area contributed by atoms with Crippen LogP contribution in [0.5, 0.6) is 5.75 Å². The third-order valence-corrected chi connectivity index (χ3v) is 24.2. The highest BCUT2D eigenvalue weighted by atomic mass is 32.2. The van der Waals surface area contributed by atoms with Crippen LogP contribution < -0.4 is 54.0 Å². The number of aromatic hydroxyl groups is 1. The van der Waals surface area contributed by atoms with E-state index in [1.54, 1.807) is 119 Å². The number of nitrogens with zero attached hydrogens (tertiary/aromatic N) is 5. The number of Topliss-reactive ketones (excluding diaryl/α,β-unsaturated/α-hetero) is 1. The number of aromatic amines is 1. The lowest BCUT2D eigenvalue weighted by Crippen LogP contribution is -2.60. The van der Waals surface area contributed by atoms with Gasteiger partial charge in [-0.15, -0.1) is 11.8 Å². The van der Waals surface area contributed by atoms with Crippen molar-refractivity contribution in [2.24, 2.45) is 23.3 Å². The molecule has 131 heavy (non-hydrogen) atoms. The van der Waals surface area contributed by atoms with Crippen molar-refractivity contribution in [2.45, 2.75) is 209 Å². The minimum Gasteiger partial charge on any atom is -0.508 e. The number of ketones is 1. The second-order valence-corrected chi connectivity index (χ2v) is 34.9. The van der Waals surface area contributed by atoms with Gasteiger partial charge in [-0.2, -0.15) is 0 Å². The van der Waals surface area contributed by atoms with E-state index in [0.717, 1.165) is 28.8 Å². The molecule has 706 valence electrons. The lowest BCUT2D eigenvalue weighted by molar-refractivity contribution is -0.152. The first-order chi connectivity index (χ1) is 62.4. The monoisotopic (exact) mass is 1830 g/mol. The molecule has 8 rings (SSSR count). The first-order valence-corrected chi connectivity index (χ1v) is 44.9. The molecule has 1 aromatic heterocycles. The standard InChI is InChI=1S/C93H121FN16O20S/c1-9-10-27-74(92(129)110-39-20-28-72(110)87(124)100-62(51-111)46-80(116)117)106(6)91(128)76(44-57-23-15-12-16-24-57)108(8)89(126)70(42-58-30-34-61(94)35-31-58)101-79(115)53-131-52-71(83(120)99-50-78(95)114)105-84(121)66(40-54(2)3)102-85(122)67(41-59-32-36-63(112)37-33-59)103-86(123)68(45-60-48-97-65-26-18-17-25-64(60)65)104-88(125)73-29-19-38-109(73)90(127)69(47-81(118)119)98-49-77(113)75(43-56-21-13-11-14-22-56)107(7)93(130)82(96)55(4)5/h11-18,21-26,30-37,48,51,54-55,62,66-76,82,97-98,112H,9-10,19-20,27-29,38-47,49-50,52-53,96H2,1-8H3,(H2,95,114)(H,99,120)(H,100,124)(H,101,115)(H,102,122)(H,103,123)(H,104,125)(H,105,121)(H,116,117)(H,118,119)/t62-,66-,67-,68?,69-,70-,71-,72+,73+,74-,75-,76-,82-/m0/s1. The van der Waals surface area contributed by atoms with Gasteiger partial charge in [0.15, 0.2) is 5.78 Å². The average Bonchev–Trinajstić information content (AvgIpc) is 0.873. The summed E-state index contributed by atoms with van der Waals surface area (Å²) in [6.45, 7) is 7.56. The molecule has 38 heteroatoms. The summed E-state index contributed by atoms with van der Waals surface area (Å²) in [6, 6.07) is 17.3. The van der Waals surface area contributed by atoms with Gasteiger partial charge < -0.3 is 98.3 Å². The number of H-pyrrole nitrogens is 1. The maximum absolute atomic E-state index is 15.4. The molecule has 2 aliphatic rings. The summed E-state index contributed by atoms with van der Waals surface area (Å²) in [5, 5.41) is 51.9. The SMILES string of the molecule is CCCC[C@@H](C(=O)N1CCC[C@@H]1C(=O)N[C@H](C=O)CC(=O)O)N(C)C(=O)[C@H](Cc1ccccc1)N(C)C(=O)[C@H](Cc1ccc(F)cc1)NC(=O)CSC[C@H](NC(=O)[C@H](CC(C)C)NC(=O)[C@H](Cc1ccc(O)cc1)NC(=O)C(Cc1c[nH]c2ccccc12)NC(=O)[C@H]1CCCN1C(=O)[C@H](CC(=O)O)NCC(=O)[C@H](Cc1ccccc1)N(C)C(=O)[C@@H](N)C(C)C)C(=O)NCC(N)=O. The first-order valence-electron chi connectivity index (χ1n) is 43.8. The Bertz CT molecular complexity index is 4990. The van der Waals surface area contributed by atoms with Gasteiger partial charge in [0, 0.05) is 82.8 Å². The number of thioether (sulfide) groups is 1. The number of halogens is 1. The third-order valence-electron chi connectivity index (χ3n) is 23.2. The molecule has 2 aliphatic heterocycles. The van der Waals surface area contributed by atoms with Gasteiger partial charge in [-0.1, -0.05) is 151 Å². The van der Waals surface area contributed by atoms with Crippen LogP contribution >= 0.6 is 11.8 Å². The highest BCUT2D eigenvalue weighted by Crippen LogP contribution is 2.28. The molecule has 0 spiro atoms. The van der Waals surface area contributed by atoms with Gasteiger partial charge in [-0.25, -0.2) is 4.39 Å². The number of hydrogen-bond acceptors (Lipinski definition) is 21. The number of primary amides is 1. The molecule has 6 aromatic rings. The molecule has 36 nitrogen and oxygen atoms in total. The average molecular weight is 1830 g/mol. The van der Waals surface area contributed by atoms with Gasteiger partial charge >= 0.3 is 11.9 Å². The highest BCUT2D eigenvalue weighted by molar-refractivity contribution is 8.00. The summed E-state index contributed by atoms with van der Waals surface area (Å²) in [5.41, 5.74) is 14.9. The first kappa shape index (κ1) is 103. The van der Waals surface area contributed by atoms with Gasteiger partial charge in [0.2, 0.25) is 76.8 Å². The van der Waals surface area contributed by atoms with Crippen molar-refractivity contribution in [3.05, 3.63) is 173 Å². The zero-order valence-electron chi connectivity index (χ0n) is 74.8. The van der Waals surface area contributed by atoms with Gasteiger partial charge in [-0.05, 0) is 115 Å². The second kappa shape index (κ2) is 50.3. The number of aromatic nitrogens is 1. The zero-order valence-corrected chi connectivity index (χ0v) is 75.6. The fraction of sp³-hybridized carbons (Fsp3) is 0.473. The maximum atomic E-state index is 15.4. The number of phenols is 1. The lowest BCUT2D eigenvalue weighted by atomic mass is 9.98. The number of aliphatic carboxylic acids is 2. The van der Waals surface area contributed by atoms with Gasteiger partial charge in [0.1, 0.15) is 72.2 Å². The van der Waals surface area contributed by atoms with E-state index in [1.807, 2.05) is 6.92 Å². The number of phenolic OH excluding ortho intramolecular Hbond substituents is 1. The second-order valence-electron chi connectivity index (χ2n) is 33.9. The summed E-state index contributed by atoms with van der Waals surface area (Å²) in [4.78, 5) is 249. The molecule has 0 aliphatic carbocycles. The van der Waals surface area contributed by atoms with Crippen molar-refractivity contribution >= 4 is 123 Å². The molecule has 0 radical (unpaired) electrons. The van der Waals surface area contributed by atoms with Gasteiger partial charge in [0.25, 0.3) is 0 Å². The number of amides is 13. The number of nitrogens with two attached hydrogens (primary N) is 2. The largest absolute Gasteiger partial charge is 0.508 e. The Kier molecular flexibility index (Phi) is 39.7. The molecule has 13 atom stereocenters. The Hall–Kier alpha value is -13.0. The highest BCUT2D eigenvalue weighted by Gasteiger charge is 2.45. The minimum absolute atomic E-state index is 0.0344. The van der Waals surface area contributed by atoms with Crippen LogP contribution in [0, 0.1) is 17.7 Å². The number of fused-ring (bicyclic) bond motifs is 1. The van der Waals surface area contributed by atoms with Crippen molar-refractivity contribution in [1.82, 2.24) is 72.0 Å². The van der Waals surface area contributed by atoms with Gasteiger partial charge in [-0.3, -0.25) is 82.0 Å². The molecule has 16 N–H and O–H groups in total. The molecule has 0 bridgehead atoms. The predicted molar refractivity (Wildman–Crippen MR) is 484 cm³/mol. The van der Waals surface area contributed by atoms with E-state index in [-0.39, 0.29) is 101 Å². The minimum atomic E-state index is -1.62. The van der Waals surface area contributed by atoms with Crippen molar-refractivity contribution in [2.75, 3.05) is 58.8 Å². The Morgan fingerprint density at radius 2 is 1.06 bits per heavy atom. The Morgan fingerprint density at radius 3 is 1.63 bits per heavy atom. The number of aldehydes is 1. The number of carbonyl (C=O) groups excluding carboxylic acids is 15. The fourth-order valence-corrected chi connectivity index (χ4v) is 16.7. The summed E-state index contributed by atoms with van der Waals surface area (Å²) in [6.07, 6.45) is 1.26. The number of carboxylic acids is 2. The van der Waals surface area contributed by atoms with E-state index in [1.165, 1.54) is 77.1 Å². The predicted octanol–water partition coefficient (Wildman–Crippen LogP) is 2.13. The molecule has 1 unspecified atom stereocenters. The van der Waals surface area contributed by atoms with Crippen LogP contribution in [0.1, 0.15) is 127 Å². The molecular formula is C93H121FN16O20S. The van der Waals surface area contributed by atoms with Crippen molar-refractivity contribution < 1.29 is 101 Å². The number of likely N-dealkylation sites (tertiary alicyclic amines) is 2. The molecular weight excluding hydrogens is 1710 g/mol. The number of rotatable bonds is 51. The normalized spacial score (nSPS) is 16.2. The number of para-hydroxylation sites is 1. The molecule has 5 aromatic carbocycles. The van der Waals surface area contributed by atoms with Crippen LogP contribution in [0.25, 0.3) is 10.9 Å². The molecule has 13 amide bonds. The summed E-state index contributed by atoms with van der Waals surface area (Å²) in [7, 11) is 4.18. The van der Waals surface area contributed by atoms with E-state index in [2.05, 4.69) is 47.5 Å². The summed E-state index contributed by atoms with van der Waals surface area (Å²) in [5.74, 6) is -16.5. The van der Waals surface area contributed by atoms with Crippen molar-refractivity contribution in [3.63, 3.8) is 0 Å². The molecule has 0 saturated carbocycles. The third kappa shape index (κ3) is 30.6. The van der Waals surface area contributed by atoms with Crippen LogP contribution in [-0.4, -0.2) is 283 Å². The maximum Gasteiger partial charge on any atom is 0.305 e. The van der Waals surface area contributed by atoms with E-state index in [0.29, 0.717) is 58.0 Å². The van der Waals surface area contributed by atoms with Gasteiger partial charge in [0.05, 0.1) is 55.9 Å². The molecule has 2 fully saturated rings. The van der Waals surface area contributed by atoms with Crippen LogP contribution in [0.4, 0.5) is 4.39 Å². The van der Waals surface area contributed by atoms with E-state index >= 15 is 24.0 Å². The number of carboxylic acid groups (broad SMARTS) is 2. The lowest BCUT2D eigenvalue weighted by Gasteiger charge is -2.38. The van der Waals surface area contributed by atoms with E-state index < -0.39 is 216 Å². The molecule has 3 heterocycles. The smallest absolute Gasteiger partial charge is 0.305 e. The van der Waals surface area contributed by atoms with E-state index in [4.69, 9.17) is 11.5 Å². The van der Waals surface area contributed by atoms with Crippen LogP contribution in [-0.2, 0) is 114 Å². The Balaban J connectivity index is 1.02. The summed E-state index contributed by atoms with van der Waals surface area (Å²) >= 11 is 0.781. The fourth-order valence-electron chi connectivity index (χ4n) is 15.9. The summed E-state index contributed by atoms with van der Waals surface area (Å²) < 4.78 is 14.5. The number of nitrogens with one attached hydrogen (secondary N) is 9. The molecule has 2 saturated heterocycles. The van der Waals surface area contributed by atoms with Crippen LogP contribution in [0.3, 0.4) is 0 Å². The zero-order chi connectivity index (χ0) is 95.9. The quantitative estimate of drug-likeness (QED) is 0.0243. The Labute approximate surface area is 763 Å². The number of hydrogen-bond donors (Lipinski definition) is 14. The van der Waals surface area contributed by atoms with E-state index in [9.17, 15) is 77.2 Å². The van der Waals surface area contributed by atoms with Crippen molar-refractivity contribution in [3.8, 4) is 5.75 Å². The topological polar surface area (TPSA) is 531 Å². The van der Waals surface area contributed by atoms with Crippen LogP contribution in [0.15, 0.2) is 140 Å². The Morgan fingerprint density at radius 1 is 0.550 bits per heavy atom. The van der Waals surface area contributed by atoms with Crippen molar-refractivity contribution in [1.29, 1.82) is 0 Å². The van der Waals surface area contributed by atoms with Crippen LogP contribution in [0.2, 0.25) is 0 Å². The number of unbranched alkanes of at least 4 members (excludes halogenated alkanes) is 1.